The third-order valence-electron chi connectivity index (χ3n) is 2.86. The van der Waals surface area contributed by atoms with E-state index in [9.17, 15) is 4.79 Å². The van der Waals surface area contributed by atoms with Crippen molar-refractivity contribution >= 4 is 5.91 Å². The summed E-state index contributed by atoms with van der Waals surface area (Å²) >= 11 is 0. The monoisotopic (exact) mass is 235 g/mol. The molecule has 3 heteroatoms. The Morgan fingerprint density at radius 1 is 1.35 bits per heavy atom. The largest absolute Gasteiger partial charge is 0.380 e. The van der Waals surface area contributed by atoms with Crippen LogP contribution in [0.15, 0.2) is 24.3 Å². The maximum Gasteiger partial charge on any atom is 0.251 e. The quantitative estimate of drug-likeness (QED) is 0.852. The fourth-order valence-electron chi connectivity index (χ4n) is 1.43. The molecule has 0 bridgehead atoms. The minimum absolute atomic E-state index is 0.0239. The zero-order valence-electron chi connectivity index (χ0n) is 11.0. The molecule has 1 aromatic carbocycles. The summed E-state index contributed by atoms with van der Waals surface area (Å²) < 4.78 is 5.05. The molecule has 0 spiro atoms. The van der Waals surface area contributed by atoms with E-state index < -0.39 is 0 Å². The third kappa shape index (κ3) is 4.19. The molecular formula is C14H21NO2. The fourth-order valence-corrected chi connectivity index (χ4v) is 1.43. The lowest BCUT2D eigenvalue weighted by Crippen LogP contribution is -2.36. The van der Waals surface area contributed by atoms with Gasteiger partial charge in [-0.25, -0.2) is 0 Å². The molecule has 0 saturated carbocycles. The molecule has 0 fully saturated rings. The van der Waals surface area contributed by atoms with E-state index in [0.717, 1.165) is 5.56 Å². The van der Waals surface area contributed by atoms with Crippen LogP contribution in [0.2, 0.25) is 0 Å². The second kappa shape index (κ2) is 6.40. The second-order valence-corrected chi connectivity index (χ2v) is 4.64. The maximum atomic E-state index is 12.0. The van der Waals surface area contributed by atoms with Gasteiger partial charge < -0.3 is 10.1 Å². The number of hydrogen-bond donors (Lipinski definition) is 1. The van der Waals surface area contributed by atoms with Crippen molar-refractivity contribution < 1.29 is 9.53 Å². The van der Waals surface area contributed by atoms with Gasteiger partial charge in [-0.2, -0.15) is 0 Å². The molecule has 0 heterocycles. The van der Waals surface area contributed by atoms with Crippen LogP contribution in [0.25, 0.3) is 0 Å². The Bertz CT molecular complexity index is 374. The van der Waals surface area contributed by atoms with Crippen molar-refractivity contribution in [1.29, 1.82) is 0 Å². The number of ether oxygens (including phenoxy) is 1. The zero-order valence-corrected chi connectivity index (χ0v) is 11.0. The molecule has 0 unspecified atom stereocenters. The molecule has 1 aromatic rings. The van der Waals surface area contributed by atoms with Crippen LogP contribution in [0.3, 0.4) is 0 Å². The topological polar surface area (TPSA) is 38.3 Å². The highest BCUT2D eigenvalue weighted by atomic mass is 16.5. The van der Waals surface area contributed by atoms with Gasteiger partial charge in [-0.3, -0.25) is 4.79 Å². The van der Waals surface area contributed by atoms with Gasteiger partial charge >= 0.3 is 0 Å². The lowest BCUT2D eigenvalue weighted by atomic mass is 10.1. The second-order valence-electron chi connectivity index (χ2n) is 4.64. The average molecular weight is 235 g/mol. The van der Waals surface area contributed by atoms with Crippen LogP contribution in [-0.2, 0) is 11.3 Å². The summed E-state index contributed by atoms with van der Waals surface area (Å²) in [6, 6.07) is 7.69. The smallest absolute Gasteiger partial charge is 0.251 e. The SMILES string of the molecule is COCc1cccc(C(=O)N[C@@H](C)C(C)C)c1. The number of benzene rings is 1. The van der Waals surface area contributed by atoms with Gasteiger partial charge in [0, 0.05) is 18.7 Å². The van der Waals surface area contributed by atoms with Crippen molar-refractivity contribution in [3.05, 3.63) is 35.4 Å². The van der Waals surface area contributed by atoms with Crippen LogP contribution in [0, 0.1) is 5.92 Å². The molecule has 1 amide bonds. The standard InChI is InChI=1S/C14H21NO2/c1-10(2)11(3)15-14(16)13-7-5-6-12(8-13)9-17-4/h5-8,10-11H,9H2,1-4H3,(H,15,16)/t11-/m0/s1. The lowest BCUT2D eigenvalue weighted by Gasteiger charge is -2.17. The summed E-state index contributed by atoms with van der Waals surface area (Å²) in [5.41, 5.74) is 1.70. The highest BCUT2D eigenvalue weighted by Gasteiger charge is 2.12. The molecule has 0 saturated heterocycles. The van der Waals surface area contributed by atoms with Crippen LogP contribution in [0.1, 0.15) is 36.7 Å². The first-order chi connectivity index (χ1) is 8.04. The maximum absolute atomic E-state index is 12.0. The van der Waals surface area contributed by atoms with Crippen molar-refractivity contribution in [3.63, 3.8) is 0 Å². The van der Waals surface area contributed by atoms with Gasteiger partial charge in [-0.05, 0) is 30.5 Å². The molecule has 0 aliphatic carbocycles. The van der Waals surface area contributed by atoms with Crippen LogP contribution < -0.4 is 5.32 Å². The number of hydrogen-bond acceptors (Lipinski definition) is 2. The van der Waals surface area contributed by atoms with E-state index >= 15 is 0 Å². The Hall–Kier alpha value is -1.35. The van der Waals surface area contributed by atoms with Crippen molar-refractivity contribution in [2.75, 3.05) is 7.11 Å². The highest BCUT2D eigenvalue weighted by Crippen LogP contribution is 2.08. The molecular weight excluding hydrogens is 214 g/mol. The van der Waals surface area contributed by atoms with Crippen LogP contribution in [-0.4, -0.2) is 19.1 Å². The molecule has 3 nitrogen and oxygen atoms in total. The molecule has 1 rings (SSSR count). The predicted octanol–water partition coefficient (Wildman–Crippen LogP) is 2.61. The summed E-state index contributed by atoms with van der Waals surface area (Å²) in [4.78, 5) is 12.0. The molecule has 0 aliphatic heterocycles. The van der Waals surface area contributed by atoms with Gasteiger partial charge in [-0.1, -0.05) is 26.0 Å². The van der Waals surface area contributed by atoms with Crippen molar-refractivity contribution in [3.8, 4) is 0 Å². The molecule has 0 aliphatic rings. The van der Waals surface area contributed by atoms with Crippen LogP contribution in [0.4, 0.5) is 0 Å². The van der Waals surface area contributed by atoms with E-state index in [1.54, 1.807) is 7.11 Å². The molecule has 1 atom stereocenters. The molecule has 17 heavy (non-hydrogen) atoms. The summed E-state index contributed by atoms with van der Waals surface area (Å²) in [7, 11) is 1.65. The Kier molecular flexibility index (Phi) is 5.16. The molecule has 0 aromatic heterocycles. The van der Waals surface area contributed by atoms with Crippen LogP contribution >= 0.6 is 0 Å². The fraction of sp³-hybridized carbons (Fsp3) is 0.500. The average Bonchev–Trinajstić information content (AvgIpc) is 2.29. The van der Waals surface area contributed by atoms with Gasteiger partial charge in [0.05, 0.1) is 6.61 Å². The predicted molar refractivity (Wildman–Crippen MR) is 68.9 cm³/mol. The van der Waals surface area contributed by atoms with Crippen molar-refractivity contribution in [2.24, 2.45) is 5.92 Å². The first kappa shape index (κ1) is 13.7. The molecule has 94 valence electrons. The molecule has 0 radical (unpaired) electrons. The number of methoxy groups -OCH3 is 1. The number of amides is 1. The van der Waals surface area contributed by atoms with Gasteiger partial charge in [0.2, 0.25) is 0 Å². The normalized spacial score (nSPS) is 12.5. The van der Waals surface area contributed by atoms with Gasteiger partial charge in [-0.15, -0.1) is 0 Å². The Labute approximate surface area is 103 Å². The Morgan fingerprint density at radius 2 is 2.06 bits per heavy atom. The lowest BCUT2D eigenvalue weighted by molar-refractivity contribution is 0.0930. The zero-order chi connectivity index (χ0) is 12.8. The Morgan fingerprint density at radius 3 is 2.65 bits per heavy atom. The van der Waals surface area contributed by atoms with E-state index in [2.05, 4.69) is 19.2 Å². The summed E-state index contributed by atoms with van der Waals surface area (Å²) in [5, 5.41) is 2.99. The van der Waals surface area contributed by atoms with Crippen LogP contribution in [0.5, 0.6) is 0 Å². The van der Waals surface area contributed by atoms with Gasteiger partial charge in [0.15, 0.2) is 0 Å². The first-order valence-electron chi connectivity index (χ1n) is 5.93. The minimum atomic E-state index is -0.0239. The minimum Gasteiger partial charge on any atom is -0.380 e. The summed E-state index contributed by atoms with van der Waals surface area (Å²) in [5.74, 6) is 0.408. The molecule has 1 N–H and O–H groups in total. The van der Waals surface area contributed by atoms with E-state index in [-0.39, 0.29) is 11.9 Å². The van der Waals surface area contributed by atoms with E-state index in [1.165, 1.54) is 0 Å². The van der Waals surface area contributed by atoms with E-state index in [1.807, 2.05) is 31.2 Å². The summed E-state index contributed by atoms with van der Waals surface area (Å²) in [6.45, 7) is 6.72. The Balaban J connectivity index is 2.71. The number of rotatable bonds is 5. The van der Waals surface area contributed by atoms with Gasteiger partial charge in [0.25, 0.3) is 5.91 Å². The van der Waals surface area contributed by atoms with Crippen molar-refractivity contribution in [1.82, 2.24) is 5.32 Å². The highest BCUT2D eigenvalue weighted by molar-refractivity contribution is 5.94. The van der Waals surface area contributed by atoms with Gasteiger partial charge in [0.1, 0.15) is 0 Å². The number of carbonyl (C=O) groups is 1. The first-order valence-corrected chi connectivity index (χ1v) is 5.93. The third-order valence-corrected chi connectivity index (χ3v) is 2.86. The number of nitrogens with one attached hydrogen (secondary N) is 1. The number of carbonyl (C=O) groups excluding carboxylic acids is 1. The van der Waals surface area contributed by atoms with E-state index in [4.69, 9.17) is 4.74 Å². The summed E-state index contributed by atoms with van der Waals surface area (Å²) in [6.07, 6.45) is 0. The van der Waals surface area contributed by atoms with Crippen molar-refractivity contribution in [2.45, 2.75) is 33.4 Å². The van der Waals surface area contributed by atoms with E-state index in [0.29, 0.717) is 18.1 Å².